The first-order valence-corrected chi connectivity index (χ1v) is 3.08. The van der Waals surface area contributed by atoms with Crippen LogP contribution >= 0.6 is 0 Å². The molecule has 0 aliphatic heterocycles. The molecule has 11 heavy (non-hydrogen) atoms. The van der Waals surface area contributed by atoms with E-state index in [-0.39, 0.29) is 5.95 Å². The van der Waals surface area contributed by atoms with E-state index in [0.29, 0.717) is 11.6 Å². The topological polar surface area (TPSA) is 80.7 Å². The number of rotatable bonds is 1. The lowest BCUT2D eigenvalue weighted by Gasteiger charge is -1.83. The number of anilines is 1. The molecule has 0 atom stereocenters. The summed E-state index contributed by atoms with van der Waals surface area (Å²) in [5.41, 5.74) is 5.29. The second kappa shape index (κ2) is 2.12. The average molecular weight is 150 g/mol. The van der Waals surface area contributed by atoms with Crippen LogP contribution in [0.5, 0.6) is 0 Å². The van der Waals surface area contributed by atoms with Crippen LogP contribution in [0.15, 0.2) is 22.8 Å². The highest BCUT2D eigenvalue weighted by atomic mass is 16.3. The van der Waals surface area contributed by atoms with Crippen molar-refractivity contribution in [1.82, 2.24) is 15.2 Å². The fraction of sp³-hybridized carbons (Fsp3) is 0. The summed E-state index contributed by atoms with van der Waals surface area (Å²) < 4.78 is 5.04. The van der Waals surface area contributed by atoms with Gasteiger partial charge in [-0.15, -0.1) is 5.10 Å². The van der Waals surface area contributed by atoms with Gasteiger partial charge in [-0.25, -0.2) is 0 Å². The van der Waals surface area contributed by atoms with Crippen LogP contribution in [-0.4, -0.2) is 15.2 Å². The Kier molecular flexibility index (Phi) is 1.15. The average Bonchev–Trinajstić information content (AvgIpc) is 2.55. The Labute approximate surface area is 62.2 Å². The molecule has 5 nitrogen and oxygen atoms in total. The fourth-order valence-electron chi connectivity index (χ4n) is 0.798. The molecular formula is C6H6N4O. The lowest BCUT2D eigenvalue weighted by Crippen LogP contribution is -1.85. The van der Waals surface area contributed by atoms with Crippen LogP contribution in [-0.2, 0) is 0 Å². The number of nitrogens with two attached hydrogens (primary N) is 1. The Morgan fingerprint density at radius 1 is 1.55 bits per heavy atom. The lowest BCUT2D eigenvalue weighted by atomic mass is 10.4. The monoisotopic (exact) mass is 150 g/mol. The van der Waals surface area contributed by atoms with Crippen molar-refractivity contribution < 1.29 is 4.42 Å². The van der Waals surface area contributed by atoms with E-state index in [4.69, 9.17) is 10.2 Å². The third-order valence-corrected chi connectivity index (χ3v) is 1.26. The number of furan rings is 1. The van der Waals surface area contributed by atoms with Crippen LogP contribution in [0.4, 0.5) is 5.95 Å². The van der Waals surface area contributed by atoms with Gasteiger partial charge in [-0.3, -0.25) is 5.10 Å². The maximum atomic E-state index is 5.29. The summed E-state index contributed by atoms with van der Waals surface area (Å²) in [7, 11) is 0. The number of hydrogen-bond donors (Lipinski definition) is 2. The third kappa shape index (κ3) is 0.958. The molecule has 5 heteroatoms. The van der Waals surface area contributed by atoms with E-state index in [9.17, 15) is 0 Å². The zero-order chi connectivity index (χ0) is 7.68. The zero-order valence-electron chi connectivity index (χ0n) is 5.61. The molecule has 0 aromatic carbocycles. The van der Waals surface area contributed by atoms with Crippen LogP contribution in [0.2, 0.25) is 0 Å². The van der Waals surface area contributed by atoms with E-state index in [1.165, 1.54) is 0 Å². The molecule has 0 bridgehead atoms. The SMILES string of the molecule is Nc1n[nH]c(-c2ccco2)n1. The van der Waals surface area contributed by atoms with E-state index in [1.54, 1.807) is 18.4 Å². The molecule has 0 aliphatic rings. The molecule has 0 fully saturated rings. The largest absolute Gasteiger partial charge is 0.461 e. The van der Waals surface area contributed by atoms with Gasteiger partial charge >= 0.3 is 0 Å². The molecule has 2 rings (SSSR count). The molecule has 0 saturated heterocycles. The van der Waals surface area contributed by atoms with E-state index >= 15 is 0 Å². The number of aromatic amines is 1. The Morgan fingerprint density at radius 2 is 2.45 bits per heavy atom. The minimum atomic E-state index is 0.219. The molecule has 0 radical (unpaired) electrons. The van der Waals surface area contributed by atoms with Gasteiger partial charge in [0.15, 0.2) is 11.6 Å². The number of nitrogens with one attached hydrogen (secondary N) is 1. The predicted octanol–water partition coefficient (Wildman–Crippen LogP) is 0.647. The van der Waals surface area contributed by atoms with E-state index < -0.39 is 0 Å². The lowest BCUT2D eigenvalue weighted by molar-refractivity contribution is 0.577. The normalized spacial score (nSPS) is 10.2. The van der Waals surface area contributed by atoms with Crippen molar-refractivity contribution in [1.29, 1.82) is 0 Å². The first kappa shape index (κ1) is 5.96. The quantitative estimate of drug-likeness (QED) is 0.625. The van der Waals surface area contributed by atoms with Crippen molar-refractivity contribution in [3.63, 3.8) is 0 Å². The van der Waals surface area contributed by atoms with Gasteiger partial charge in [0.25, 0.3) is 0 Å². The second-order valence-corrected chi connectivity index (χ2v) is 2.02. The van der Waals surface area contributed by atoms with Crippen molar-refractivity contribution in [2.45, 2.75) is 0 Å². The minimum Gasteiger partial charge on any atom is -0.461 e. The van der Waals surface area contributed by atoms with Crippen LogP contribution in [0.1, 0.15) is 0 Å². The summed E-state index contributed by atoms with van der Waals surface area (Å²) in [6, 6.07) is 3.55. The highest BCUT2D eigenvalue weighted by Crippen LogP contribution is 2.14. The molecule has 2 aromatic heterocycles. The first-order valence-electron chi connectivity index (χ1n) is 3.08. The Hall–Kier alpha value is -1.78. The van der Waals surface area contributed by atoms with Gasteiger partial charge in [0.2, 0.25) is 5.95 Å². The Bertz CT molecular complexity index is 337. The minimum absolute atomic E-state index is 0.219. The molecule has 2 heterocycles. The van der Waals surface area contributed by atoms with E-state index in [2.05, 4.69) is 15.2 Å². The van der Waals surface area contributed by atoms with Crippen molar-refractivity contribution in [3.05, 3.63) is 18.4 Å². The number of nitrogens with zero attached hydrogens (tertiary/aromatic N) is 2. The Balaban J connectivity index is 2.45. The number of nitrogen functional groups attached to an aromatic ring is 1. The van der Waals surface area contributed by atoms with Crippen LogP contribution < -0.4 is 5.73 Å². The van der Waals surface area contributed by atoms with E-state index in [1.807, 2.05) is 0 Å². The summed E-state index contributed by atoms with van der Waals surface area (Å²) in [4.78, 5) is 3.87. The highest BCUT2D eigenvalue weighted by Gasteiger charge is 2.03. The first-order chi connectivity index (χ1) is 5.36. The smallest absolute Gasteiger partial charge is 0.239 e. The van der Waals surface area contributed by atoms with Crippen molar-refractivity contribution in [3.8, 4) is 11.6 Å². The highest BCUT2D eigenvalue weighted by molar-refractivity contribution is 5.47. The predicted molar refractivity (Wildman–Crippen MR) is 38.5 cm³/mol. The molecule has 2 aromatic rings. The maximum absolute atomic E-state index is 5.29. The molecule has 0 spiro atoms. The summed E-state index contributed by atoms with van der Waals surface area (Å²) in [5, 5.41) is 6.28. The number of hydrogen-bond acceptors (Lipinski definition) is 4. The molecule has 56 valence electrons. The van der Waals surface area contributed by atoms with Gasteiger partial charge in [0.1, 0.15) is 0 Å². The van der Waals surface area contributed by atoms with Gasteiger partial charge < -0.3 is 10.2 Å². The number of aromatic nitrogens is 3. The van der Waals surface area contributed by atoms with Gasteiger partial charge in [0.05, 0.1) is 6.26 Å². The molecule has 0 amide bonds. The van der Waals surface area contributed by atoms with Crippen molar-refractivity contribution in [2.75, 3.05) is 5.73 Å². The molecular weight excluding hydrogens is 144 g/mol. The van der Waals surface area contributed by atoms with Gasteiger partial charge in [-0.2, -0.15) is 4.98 Å². The molecule has 0 saturated carbocycles. The Morgan fingerprint density at radius 3 is 3.00 bits per heavy atom. The summed E-state index contributed by atoms with van der Waals surface area (Å²) >= 11 is 0. The third-order valence-electron chi connectivity index (χ3n) is 1.26. The van der Waals surface area contributed by atoms with Crippen LogP contribution in [0, 0.1) is 0 Å². The summed E-state index contributed by atoms with van der Waals surface area (Å²) in [6.45, 7) is 0. The standard InChI is InChI=1S/C6H6N4O/c7-6-8-5(9-10-6)4-2-1-3-11-4/h1-3H,(H3,7,8,9,10). The molecule has 3 N–H and O–H groups in total. The number of H-pyrrole nitrogens is 1. The van der Waals surface area contributed by atoms with Gasteiger partial charge in [-0.05, 0) is 12.1 Å². The summed E-state index contributed by atoms with van der Waals surface area (Å²) in [6.07, 6.45) is 1.56. The van der Waals surface area contributed by atoms with Crippen LogP contribution in [0.3, 0.4) is 0 Å². The van der Waals surface area contributed by atoms with Gasteiger partial charge in [-0.1, -0.05) is 0 Å². The van der Waals surface area contributed by atoms with E-state index in [0.717, 1.165) is 0 Å². The van der Waals surface area contributed by atoms with Crippen molar-refractivity contribution in [2.24, 2.45) is 0 Å². The molecule has 0 unspecified atom stereocenters. The van der Waals surface area contributed by atoms with Crippen LogP contribution in [0.25, 0.3) is 11.6 Å². The van der Waals surface area contributed by atoms with Gasteiger partial charge in [0, 0.05) is 0 Å². The summed E-state index contributed by atoms with van der Waals surface area (Å²) in [5.74, 6) is 1.40. The fourth-order valence-corrected chi connectivity index (χ4v) is 0.798. The zero-order valence-corrected chi connectivity index (χ0v) is 5.61. The van der Waals surface area contributed by atoms with Crippen molar-refractivity contribution >= 4 is 5.95 Å². The molecule has 0 aliphatic carbocycles. The second-order valence-electron chi connectivity index (χ2n) is 2.02. The maximum Gasteiger partial charge on any atom is 0.239 e.